The van der Waals surface area contributed by atoms with Gasteiger partial charge in [0, 0.05) is 13.0 Å². The van der Waals surface area contributed by atoms with Crippen LogP contribution in [0.4, 0.5) is 26.3 Å². The molecular weight excluding hydrogens is 238 g/mol. The number of hydrogen-bond donors (Lipinski definition) is 0. The van der Waals surface area contributed by atoms with Crippen LogP contribution in [0.5, 0.6) is 0 Å². The third kappa shape index (κ3) is 4.59. The van der Waals surface area contributed by atoms with E-state index in [9.17, 15) is 26.3 Å². The van der Waals surface area contributed by atoms with Gasteiger partial charge in [-0.05, 0) is 13.3 Å². The molecule has 0 aromatic heterocycles. The highest BCUT2D eigenvalue weighted by atomic mass is 19.4. The average Bonchev–Trinajstić information content (AvgIpc) is 2.14. The molecule has 0 radical (unpaired) electrons. The zero-order valence-corrected chi connectivity index (χ0v) is 8.95. The van der Waals surface area contributed by atoms with Gasteiger partial charge in [0.25, 0.3) is 12.1 Å². The van der Waals surface area contributed by atoms with Gasteiger partial charge in [0.15, 0.2) is 0 Å². The van der Waals surface area contributed by atoms with Gasteiger partial charge in [0.2, 0.25) is 0 Å². The standard InChI is InChI=1S/C9H14F6O/c1-3-6(16-4-2)5-8(11,12)7(10)9(13,14)15/h6-7H,3-5H2,1-2H3. The van der Waals surface area contributed by atoms with Gasteiger partial charge < -0.3 is 4.74 Å². The van der Waals surface area contributed by atoms with Crippen LogP contribution in [-0.2, 0) is 4.74 Å². The summed E-state index contributed by atoms with van der Waals surface area (Å²) in [6.07, 6.45) is -11.9. The summed E-state index contributed by atoms with van der Waals surface area (Å²) >= 11 is 0. The van der Waals surface area contributed by atoms with Crippen molar-refractivity contribution < 1.29 is 31.1 Å². The summed E-state index contributed by atoms with van der Waals surface area (Å²) in [4.78, 5) is 0. The zero-order valence-electron chi connectivity index (χ0n) is 8.95. The quantitative estimate of drug-likeness (QED) is 0.654. The maximum absolute atomic E-state index is 12.9. The van der Waals surface area contributed by atoms with Gasteiger partial charge in [-0.25, -0.2) is 13.2 Å². The largest absolute Gasteiger partial charge is 0.425 e. The monoisotopic (exact) mass is 252 g/mol. The van der Waals surface area contributed by atoms with Crippen molar-refractivity contribution in [3.63, 3.8) is 0 Å². The van der Waals surface area contributed by atoms with E-state index in [1.54, 1.807) is 0 Å². The van der Waals surface area contributed by atoms with Crippen LogP contribution >= 0.6 is 0 Å². The van der Waals surface area contributed by atoms with Gasteiger partial charge in [-0.2, -0.15) is 13.2 Å². The van der Waals surface area contributed by atoms with Crippen LogP contribution in [0.15, 0.2) is 0 Å². The summed E-state index contributed by atoms with van der Waals surface area (Å²) in [5.41, 5.74) is 0. The van der Waals surface area contributed by atoms with E-state index < -0.39 is 30.8 Å². The SMILES string of the molecule is CCOC(CC)CC(F)(F)C(F)C(F)(F)F. The number of alkyl halides is 6. The number of halogens is 6. The van der Waals surface area contributed by atoms with E-state index in [4.69, 9.17) is 4.74 Å². The highest BCUT2D eigenvalue weighted by Crippen LogP contribution is 2.38. The summed E-state index contributed by atoms with van der Waals surface area (Å²) in [5.74, 6) is -4.45. The predicted molar refractivity (Wildman–Crippen MR) is 46.2 cm³/mol. The third-order valence-corrected chi connectivity index (χ3v) is 2.02. The highest BCUT2D eigenvalue weighted by molar-refractivity contribution is 4.85. The van der Waals surface area contributed by atoms with Crippen LogP contribution in [0.1, 0.15) is 26.7 Å². The molecule has 2 unspecified atom stereocenters. The minimum absolute atomic E-state index is 0.0948. The van der Waals surface area contributed by atoms with E-state index in [-0.39, 0.29) is 13.0 Å². The summed E-state index contributed by atoms with van der Waals surface area (Å²) in [6, 6.07) is 0. The molecule has 0 aromatic rings. The van der Waals surface area contributed by atoms with Crippen LogP contribution in [0.2, 0.25) is 0 Å². The second-order valence-electron chi connectivity index (χ2n) is 3.35. The van der Waals surface area contributed by atoms with E-state index in [0.717, 1.165) is 0 Å². The van der Waals surface area contributed by atoms with Crippen molar-refractivity contribution in [1.29, 1.82) is 0 Å². The Morgan fingerprint density at radius 2 is 1.56 bits per heavy atom. The average molecular weight is 252 g/mol. The lowest BCUT2D eigenvalue weighted by Gasteiger charge is -2.26. The van der Waals surface area contributed by atoms with Crippen molar-refractivity contribution in [1.82, 2.24) is 0 Å². The van der Waals surface area contributed by atoms with E-state index in [0.29, 0.717) is 0 Å². The summed E-state index contributed by atoms with van der Waals surface area (Å²) in [6.45, 7) is 3.10. The molecule has 0 saturated carbocycles. The Balaban J connectivity index is 4.53. The van der Waals surface area contributed by atoms with Crippen molar-refractivity contribution in [3.8, 4) is 0 Å². The minimum atomic E-state index is -5.55. The molecule has 98 valence electrons. The van der Waals surface area contributed by atoms with Gasteiger partial charge in [0.1, 0.15) is 0 Å². The molecule has 0 amide bonds. The Bertz CT molecular complexity index is 203. The molecule has 0 spiro atoms. The van der Waals surface area contributed by atoms with E-state index in [1.807, 2.05) is 0 Å². The molecule has 0 saturated heterocycles. The number of ether oxygens (including phenoxy) is 1. The number of rotatable bonds is 6. The fourth-order valence-corrected chi connectivity index (χ4v) is 1.20. The predicted octanol–water partition coefficient (Wildman–Crippen LogP) is 3.73. The Morgan fingerprint density at radius 3 is 1.88 bits per heavy atom. The Morgan fingerprint density at radius 1 is 1.06 bits per heavy atom. The molecule has 1 nitrogen and oxygen atoms in total. The summed E-state index contributed by atoms with van der Waals surface area (Å²) < 4.78 is 78.4. The fraction of sp³-hybridized carbons (Fsp3) is 1.00. The lowest BCUT2D eigenvalue weighted by molar-refractivity contribution is -0.251. The molecule has 0 aliphatic rings. The Hall–Kier alpha value is -0.460. The van der Waals surface area contributed by atoms with Crippen LogP contribution < -0.4 is 0 Å². The minimum Gasteiger partial charge on any atom is -0.378 e. The van der Waals surface area contributed by atoms with Gasteiger partial charge in [-0.3, -0.25) is 0 Å². The molecular formula is C9H14F6O. The smallest absolute Gasteiger partial charge is 0.378 e. The lowest BCUT2D eigenvalue weighted by Crippen LogP contribution is -2.44. The lowest BCUT2D eigenvalue weighted by atomic mass is 10.0. The first-order chi connectivity index (χ1) is 7.15. The molecule has 0 aliphatic heterocycles. The van der Waals surface area contributed by atoms with Gasteiger partial charge >= 0.3 is 6.18 Å². The van der Waals surface area contributed by atoms with Gasteiger partial charge in [0.05, 0.1) is 6.10 Å². The number of hydrogen-bond acceptors (Lipinski definition) is 1. The molecule has 0 N–H and O–H groups in total. The molecule has 7 heteroatoms. The Kier molecular flexibility index (Phi) is 5.58. The normalized spacial score (nSPS) is 17.2. The molecule has 0 fully saturated rings. The maximum Gasteiger partial charge on any atom is 0.425 e. The molecule has 0 aliphatic carbocycles. The summed E-state index contributed by atoms with van der Waals surface area (Å²) in [7, 11) is 0. The molecule has 0 bridgehead atoms. The van der Waals surface area contributed by atoms with Crippen LogP contribution in [-0.4, -0.2) is 31.0 Å². The van der Waals surface area contributed by atoms with Crippen LogP contribution in [0.25, 0.3) is 0 Å². The van der Waals surface area contributed by atoms with Gasteiger partial charge in [-0.15, -0.1) is 0 Å². The Labute approximate surface area is 89.8 Å². The fourth-order valence-electron chi connectivity index (χ4n) is 1.20. The first-order valence-corrected chi connectivity index (χ1v) is 4.85. The van der Waals surface area contributed by atoms with Gasteiger partial charge in [-0.1, -0.05) is 6.92 Å². The van der Waals surface area contributed by atoms with Crippen molar-refractivity contribution in [2.45, 2.75) is 51.1 Å². The molecule has 16 heavy (non-hydrogen) atoms. The second-order valence-corrected chi connectivity index (χ2v) is 3.35. The first kappa shape index (κ1) is 15.5. The maximum atomic E-state index is 12.9. The van der Waals surface area contributed by atoms with E-state index in [2.05, 4.69) is 0 Å². The highest BCUT2D eigenvalue weighted by Gasteiger charge is 2.57. The molecule has 0 heterocycles. The first-order valence-electron chi connectivity index (χ1n) is 4.85. The van der Waals surface area contributed by atoms with Crippen LogP contribution in [0, 0.1) is 0 Å². The van der Waals surface area contributed by atoms with E-state index in [1.165, 1.54) is 13.8 Å². The molecule has 0 rings (SSSR count). The second kappa shape index (κ2) is 5.75. The topological polar surface area (TPSA) is 9.23 Å². The van der Waals surface area contributed by atoms with Crippen molar-refractivity contribution >= 4 is 0 Å². The molecule has 0 aromatic carbocycles. The van der Waals surface area contributed by atoms with Crippen LogP contribution in [0.3, 0.4) is 0 Å². The third-order valence-electron chi connectivity index (χ3n) is 2.02. The zero-order chi connectivity index (χ0) is 13.0. The van der Waals surface area contributed by atoms with Crippen molar-refractivity contribution in [3.05, 3.63) is 0 Å². The van der Waals surface area contributed by atoms with Crippen molar-refractivity contribution in [2.24, 2.45) is 0 Å². The molecule has 2 atom stereocenters. The van der Waals surface area contributed by atoms with Crippen molar-refractivity contribution in [2.75, 3.05) is 6.61 Å². The van der Waals surface area contributed by atoms with E-state index >= 15 is 0 Å². The summed E-state index contributed by atoms with van der Waals surface area (Å²) in [5, 5.41) is 0.